The first-order valence-corrected chi connectivity index (χ1v) is 24.0. The van der Waals surface area contributed by atoms with Crippen LogP contribution in [0.2, 0.25) is 0 Å². The number of para-hydroxylation sites is 2. The molecule has 2 heterocycles. The number of nitrogens with zero attached hydrogens (tertiary/aromatic N) is 4. The Kier molecular flexibility index (Phi) is 18.4. The van der Waals surface area contributed by atoms with Crippen LogP contribution in [0.5, 0.6) is 5.75 Å². The molecular weight excluding hydrogens is 857 g/mol. The number of nitriles is 2. The summed E-state index contributed by atoms with van der Waals surface area (Å²) >= 11 is 1.10. The first-order chi connectivity index (χ1) is 29.9. The zero-order chi connectivity index (χ0) is 44.4. The number of phosphoric acid groups is 2. The van der Waals surface area contributed by atoms with Gasteiger partial charge in [0.1, 0.15) is 5.75 Å². The van der Waals surface area contributed by atoms with Crippen LogP contribution in [0.4, 0.5) is 11.4 Å². The molecule has 1 unspecified atom stereocenters. The predicted molar refractivity (Wildman–Crippen MR) is 233 cm³/mol. The number of benzene rings is 3. The number of phosphoric ester groups is 2. The van der Waals surface area contributed by atoms with E-state index in [9.17, 15) is 28.4 Å². The quantitative estimate of drug-likeness (QED) is 0.0253. The molecular formula is C43H49N5O11P2S. The molecule has 0 aromatic heterocycles. The smallest absolute Gasteiger partial charge is 0.404 e. The molecule has 2 aliphatic heterocycles. The van der Waals surface area contributed by atoms with Crippen molar-refractivity contribution in [3.05, 3.63) is 101 Å². The van der Waals surface area contributed by atoms with Gasteiger partial charge < -0.3 is 19.3 Å². The van der Waals surface area contributed by atoms with Gasteiger partial charge in [-0.1, -0.05) is 67.4 Å². The molecule has 328 valence electrons. The minimum atomic E-state index is -4.47. The highest BCUT2D eigenvalue weighted by atomic mass is 32.2. The van der Waals surface area contributed by atoms with Gasteiger partial charge in [-0.15, -0.1) is 0 Å². The van der Waals surface area contributed by atoms with E-state index in [1.165, 1.54) is 29.2 Å². The molecule has 0 bridgehead atoms. The zero-order valence-electron chi connectivity index (χ0n) is 34.3. The molecule has 3 amide bonds. The number of thioether (sulfide) groups is 1. The van der Waals surface area contributed by atoms with E-state index >= 15 is 0 Å². The van der Waals surface area contributed by atoms with Crippen LogP contribution in [0, 0.1) is 22.7 Å². The van der Waals surface area contributed by atoms with Crippen LogP contribution in [-0.4, -0.2) is 67.5 Å². The number of fused-ring (bicyclic) bond motifs is 2. The summed E-state index contributed by atoms with van der Waals surface area (Å²) in [7, 11) is -6.93. The van der Waals surface area contributed by atoms with E-state index in [1.807, 2.05) is 72.6 Å². The number of unbranched alkanes of at least 4 members (excludes halogenated alkanes) is 5. The van der Waals surface area contributed by atoms with Crippen LogP contribution in [-0.2, 0) is 41.6 Å². The number of hydrogen-bond acceptors (Lipinski definition) is 14. The van der Waals surface area contributed by atoms with Crippen LogP contribution in [0.15, 0.2) is 94.9 Å². The summed E-state index contributed by atoms with van der Waals surface area (Å²) in [5.74, 6) is -0.593. The third-order valence-corrected chi connectivity index (χ3v) is 12.9. The van der Waals surface area contributed by atoms with Gasteiger partial charge in [-0.05, 0) is 62.1 Å². The maximum absolute atomic E-state index is 14.1. The van der Waals surface area contributed by atoms with Crippen LogP contribution in [0.3, 0.4) is 0 Å². The highest BCUT2D eigenvalue weighted by Crippen LogP contribution is 2.57. The monoisotopic (exact) mass is 905 g/mol. The molecule has 3 aromatic rings. The highest BCUT2D eigenvalue weighted by molar-refractivity contribution is 8.03. The van der Waals surface area contributed by atoms with E-state index in [-0.39, 0.29) is 61.2 Å². The van der Waals surface area contributed by atoms with E-state index in [4.69, 9.17) is 33.1 Å². The fourth-order valence-electron chi connectivity index (χ4n) is 6.46. The van der Waals surface area contributed by atoms with E-state index in [2.05, 4.69) is 5.32 Å². The summed E-state index contributed by atoms with van der Waals surface area (Å²) < 4.78 is 54.8. The second-order valence-electron chi connectivity index (χ2n) is 14.0. The SMILES string of the molecule is CN1c2ccccc2C(=C(OP(=O)(OCCC#N)OCCC#N)Sc2ccc(OP(=O)(O)OCCCCCCNC(=O)CCCCCN3C(=O)C=CC3=O)cc2)c2ccccc21. The Morgan fingerprint density at radius 3 is 1.95 bits per heavy atom. The Morgan fingerprint density at radius 2 is 1.34 bits per heavy atom. The summed E-state index contributed by atoms with van der Waals surface area (Å²) in [6.07, 6.45) is 7.45. The van der Waals surface area contributed by atoms with Crippen LogP contribution >= 0.6 is 27.4 Å². The molecule has 2 aliphatic rings. The molecule has 0 aliphatic carbocycles. The van der Waals surface area contributed by atoms with Crippen molar-refractivity contribution in [2.24, 2.45) is 0 Å². The van der Waals surface area contributed by atoms with Gasteiger partial charge >= 0.3 is 15.6 Å². The van der Waals surface area contributed by atoms with E-state index < -0.39 is 15.6 Å². The topological polar surface area (TPSA) is 218 Å². The van der Waals surface area contributed by atoms with Crippen molar-refractivity contribution >= 4 is 62.1 Å². The third kappa shape index (κ3) is 14.2. The Hall–Kier alpha value is -5.22. The van der Waals surface area contributed by atoms with Gasteiger partial charge in [0.25, 0.3) is 11.8 Å². The van der Waals surface area contributed by atoms with E-state index in [0.29, 0.717) is 55.7 Å². The summed E-state index contributed by atoms with van der Waals surface area (Å²) in [4.78, 5) is 49.6. The lowest BCUT2D eigenvalue weighted by Gasteiger charge is -2.33. The molecule has 5 rings (SSSR count). The van der Waals surface area contributed by atoms with Crippen LogP contribution in [0.25, 0.3) is 5.57 Å². The number of carbonyl (C=O) groups excluding carboxylic acids is 3. The minimum absolute atomic E-state index is 0.0158. The fraction of sp³-hybridized carbons (Fsp3) is 0.372. The lowest BCUT2D eigenvalue weighted by atomic mass is 9.91. The molecule has 62 heavy (non-hydrogen) atoms. The molecule has 2 N–H and O–H groups in total. The third-order valence-electron chi connectivity index (χ3n) is 9.48. The average Bonchev–Trinajstić information content (AvgIpc) is 3.58. The van der Waals surface area contributed by atoms with Crippen molar-refractivity contribution in [3.8, 4) is 17.9 Å². The van der Waals surface area contributed by atoms with Crippen molar-refractivity contribution in [1.29, 1.82) is 10.5 Å². The van der Waals surface area contributed by atoms with Gasteiger partial charge in [-0.2, -0.15) is 10.5 Å². The maximum atomic E-state index is 14.1. The normalized spacial score (nSPS) is 14.1. The standard InChI is InChI=1S/C43H49N5O11P2S/c1-47-37-17-8-6-15-35(37)42(36-16-7-9-18-38(36)47)43(59-61(54,56-31-13-26-44)57-32-14-27-45)62-34-22-20-33(21-23-34)58-60(52,53)55-30-12-3-2-10-28-46-39(49)19-5-4-11-29-48-40(50)24-25-41(48)51/h6-9,15-18,20-25H,2-5,10-14,19,28-32H2,1H3,(H,46,49)(H,52,53). The van der Waals surface area contributed by atoms with Crippen molar-refractivity contribution in [1.82, 2.24) is 10.2 Å². The maximum Gasteiger partial charge on any atom is 0.530 e. The summed E-state index contributed by atoms with van der Waals surface area (Å²) in [6, 6.07) is 25.4. The Morgan fingerprint density at radius 1 is 0.758 bits per heavy atom. The molecule has 19 heteroatoms. The van der Waals surface area contributed by atoms with Gasteiger partial charge in [0.2, 0.25) is 5.91 Å². The van der Waals surface area contributed by atoms with Gasteiger partial charge in [0.15, 0.2) is 5.09 Å². The Bertz CT molecular complexity index is 2200. The lowest BCUT2D eigenvalue weighted by Crippen LogP contribution is -2.30. The minimum Gasteiger partial charge on any atom is -0.404 e. The van der Waals surface area contributed by atoms with Crippen molar-refractivity contribution in [2.75, 3.05) is 44.9 Å². The lowest BCUT2D eigenvalue weighted by molar-refractivity contribution is -0.137. The zero-order valence-corrected chi connectivity index (χ0v) is 36.9. The number of amides is 3. The largest absolute Gasteiger partial charge is 0.530 e. The average molecular weight is 906 g/mol. The van der Waals surface area contributed by atoms with Gasteiger partial charge in [-0.3, -0.25) is 37.7 Å². The fourth-order valence-corrected chi connectivity index (χ4v) is 9.59. The molecule has 16 nitrogen and oxygen atoms in total. The Balaban J connectivity index is 1.14. The van der Waals surface area contributed by atoms with Crippen molar-refractivity contribution in [2.45, 2.75) is 69.1 Å². The van der Waals surface area contributed by atoms with E-state index in [1.54, 1.807) is 12.1 Å². The van der Waals surface area contributed by atoms with Crippen LogP contribution < -0.4 is 14.7 Å². The number of rotatable bonds is 26. The van der Waals surface area contributed by atoms with Crippen molar-refractivity contribution < 1.29 is 51.0 Å². The van der Waals surface area contributed by atoms with Crippen molar-refractivity contribution in [3.63, 3.8) is 0 Å². The number of carbonyl (C=O) groups is 3. The molecule has 0 saturated heterocycles. The predicted octanol–water partition coefficient (Wildman–Crippen LogP) is 8.92. The first kappa shape index (κ1) is 47.8. The molecule has 3 aromatic carbocycles. The molecule has 0 radical (unpaired) electrons. The number of anilines is 2. The Labute approximate surface area is 365 Å². The second kappa shape index (κ2) is 23.8. The van der Waals surface area contributed by atoms with Gasteiger partial charge in [0.05, 0.1) is 44.8 Å². The van der Waals surface area contributed by atoms with Gasteiger partial charge in [-0.25, -0.2) is 9.13 Å². The number of nitrogens with one attached hydrogen (secondary N) is 1. The first-order valence-electron chi connectivity index (χ1n) is 20.2. The number of imide groups is 1. The summed E-state index contributed by atoms with van der Waals surface area (Å²) in [6.45, 7) is 0.361. The molecule has 1 atom stereocenters. The molecule has 0 saturated carbocycles. The summed E-state index contributed by atoms with van der Waals surface area (Å²) in [5, 5.41) is 21.3. The van der Waals surface area contributed by atoms with E-state index in [0.717, 1.165) is 53.5 Å². The highest BCUT2D eigenvalue weighted by Gasteiger charge is 2.35. The second-order valence-corrected chi connectivity index (χ2v) is 18.0. The van der Waals surface area contributed by atoms with Gasteiger partial charge in [0, 0.05) is 71.7 Å². The van der Waals surface area contributed by atoms with Crippen LogP contribution in [0.1, 0.15) is 75.3 Å². The summed E-state index contributed by atoms with van der Waals surface area (Å²) in [5.41, 5.74) is 3.85. The number of hydrogen-bond donors (Lipinski definition) is 2. The molecule has 0 fully saturated rings. The molecule has 0 spiro atoms.